The summed E-state index contributed by atoms with van der Waals surface area (Å²) in [5, 5.41) is 0.483. The summed E-state index contributed by atoms with van der Waals surface area (Å²) in [7, 11) is 0. The first-order valence-electron chi connectivity index (χ1n) is 4.77. The predicted molar refractivity (Wildman–Crippen MR) is 68.9 cm³/mol. The molecule has 0 spiro atoms. The number of rotatable bonds is 1. The van der Waals surface area contributed by atoms with E-state index in [0.29, 0.717) is 5.15 Å². The van der Waals surface area contributed by atoms with Crippen LogP contribution in [0.5, 0.6) is 0 Å². The number of halogens is 2. The molecule has 1 fully saturated rings. The first-order valence-corrected chi connectivity index (χ1v) is 7.10. The molecule has 2 heterocycles. The molecule has 1 aliphatic rings. The lowest BCUT2D eigenvalue weighted by atomic mass is 10.4. The van der Waals surface area contributed by atoms with E-state index in [4.69, 9.17) is 11.6 Å². The lowest BCUT2D eigenvalue weighted by Crippen LogP contribution is -2.26. The van der Waals surface area contributed by atoms with Crippen LogP contribution in [0.2, 0.25) is 5.15 Å². The molecule has 1 aromatic rings. The largest absolute Gasteiger partial charge is 0.355 e. The molecule has 0 N–H and O–H groups in total. The zero-order chi connectivity index (χ0) is 10.7. The van der Waals surface area contributed by atoms with E-state index in [0.717, 1.165) is 29.1 Å². The number of aromatic nitrogens is 2. The molecule has 82 valence electrons. The first-order chi connectivity index (χ1) is 7.29. The van der Waals surface area contributed by atoms with E-state index < -0.39 is 0 Å². The van der Waals surface area contributed by atoms with Crippen LogP contribution in [-0.4, -0.2) is 34.6 Å². The maximum Gasteiger partial charge on any atom is 0.148 e. The van der Waals surface area contributed by atoms with Gasteiger partial charge in [-0.15, -0.1) is 0 Å². The molecule has 0 unspecified atom stereocenters. The Labute approximate surface area is 107 Å². The molecule has 0 bridgehead atoms. The smallest absolute Gasteiger partial charge is 0.148 e. The average molecular weight is 309 g/mol. The molecule has 1 saturated heterocycles. The van der Waals surface area contributed by atoms with Crippen LogP contribution in [0, 0.1) is 0 Å². The highest BCUT2D eigenvalue weighted by Crippen LogP contribution is 2.30. The van der Waals surface area contributed by atoms with E-state index in [9.17, 15) is 0 Å². The Kier molecular flexibility index (Phi) is 4.11. The summed E-state index contributed by atoms with van der Waals surface area (Å²) in [4.78, 5) is 10.5. The molecule has 6 heteroatoms. The topological polar surface area (TPSA) is 29.0 Å². The summed E-state index contributed by atoms with van der Waals surface area (Å²) in [6.07, 6.45) is 2.71. The molecule has 0 saturated carbocycles. The highest BCUT2D eigenvalue weighted by molar-refractivity contribution is 9.10. The van der Waals surface area contributed by atoms with Crippen molar-refractivity contribution in [1.29, 1.82) is 0 Å². The van der Waals surface area contributed by atoms with Crippen molar-refractivity contribution in [2.45, 2.75) is 6.42 Å². The third-order valence-corrected chi connectivity index (χ3v) is 4.54. The Morgan fingerprint density at radius 1 is 1.33 bits per heavy atom. The number of nitrogens with zero attached hydrogens (tertiary/aromatic N) is 3. The molecule has 3 nitrogen and oxygen atoms in total. The lowest BCUT2D eigenvalue weighted by molar-refractivity contribution is 0.795. The van der Waals surface area contributed by atoms with Crippen molar-refractivity contribution in [3.05, 3.63) is 16.0 Å². The number of thioether (sulfide) groups is 1. The van der Waals surface area contributed by atoms with E-state index in [-0.39, 0.29) is 0 Å². The summed E-state index contributed by atoms with van der Waals surface area (Å²) in [6.45, 7) is 2.07. The van der Waals surface area contributed by atoms with Gasteiger partial charge in [0, 0.05) is 18.8 Å². The van der Waals surface area contributed by atoms with Crippen LogP contribution < -0.4 is 4.90 Å². The second-order valence-corrected chi connectivity index (χ2v) is 5.63. The van der Waals surface area contributed by atoms with Crippen molar-refractivity contribution in [3.63, 3.8) is 0 Å². The van der Waals surface area contributed by atoms with Gasteiger partial charge in [0.1, 0.15) is 17.3 Å². The van der Waals surface area contributed by atoms with Gasteiger partial charge < -0.3 is 4.90 Å². The fourth-order valence-corrected chi connectivity index (χ4v) is 2.99. The maximum atomic E-state index is 5.94. The van der Waals surface area contributed by atoms with Gasteiger partial charge in [0.05, 0.1) is 4.47 Å². The van der Waals surface area contributed by atoms with Crippen LogP contribution in [0.25, 0.3) is 0 Å². The minimum absolute atomic E-state index is 0.483. The maximum absolute atomic E-state index is 5.94. The summed E-state index contributed by atoms with van der Waals surface area (Å²) in [5.74, 6) is 3.29. The molecular formula is C9H11BrClN3S. The zero-order valence-electron chi connectivity index (χ0n) is 8.12. The van der Waals surface area contributed by atoms with Crippen LogP contribution in [-0.2, 0) is 0 Å². The summed E-state index contributed by atoms with van der Waals surface area (Å²) in [6, 6.07) is 0. The van der Waals surface area contributed by atoms with Gasteiger partial charge in [-0.2, -0.15) is 11.8 Å². The summed E-state index contributed by atoms with van der Waals surface area (Å²) < 4.78 is 0.804. The Bertz CT molecular complexity index is 342. The monoisotopic (exact) mass is 307 g/mol. The van der Waals surface area contributed by atoms with Crippen molar-refractivity contribution in [3.8, 4) is 0 Å². The quantitative estimate of drug-likeness (QED) is 0.746. The third kappa shape index (κ3) is 2.77. The van der Waals surface area contributed by atoms with Crippen LogP contribution >= 0.6 is 39.3 Å². The minimum atomic E-state index is 0.483. The van der Waals surface area contributed by atoms with Crippen LogP contribution in [0.15, 0.2) is 10.8 Å². The molecule has 0 radical (unpaired) electrons. The third-order valence-electron chi connectivity index (χ3n) is 2.25. The van der Waals surface area contributed by atoms with Gasteiger partial charge >= 0.3 is 0 Å². The fourth-order valence-electron chi connectivity index (χ4n) is 1.52. The number of hydrogen-bond donors (Lipinski definition) is 0. The van der Waals surface area contributed by atoms with Crippen LogP contribution in [0.1, 0.15) is 6.42 Å². The molecule has 2 rings (SSSR count). The van der Waals surface area contributed by atoms with Crippen molar-refractivity contribution < 1.29 is 0 Å². The zero-order valence-corrected chi connectivity index (χ0v) is 11.3. The molecule has 0 aliphatic carbocycles. The molecular weight excluding hydrogens is 298 g/mol. The van der Waals surface area contributed by atoms with Gasteiger partial charge in [-0.3, -0.25) is 0 Å². The normalized spacial score (nSPS) is 17.6. The first kappa shape index (κ1) is 11.5. The predicted octanol–water partition coefficient (Wildman–Crippen LogP) is 2.84. The second kappa shape index (κ2) is 5.37. The Balaban J connectivity index is 2.23. The standard InChI is InChI=1S/C9H11BrClN3S/c10-7-8(11)12-6-13-9(7)14-2-1-4-15-5-3-14/h6H,1-5H2. The molecule has 1 aromatic heterocycles. The van der Waals surface area contributed by atoms with Gasteiger partial charge in [0.15, 0.2) is 0 Å². The molecule has 0 aromatic carbocycles. The Morgan fingerprint density at radius 2 is 2.20 bits per heavy atom. The van der Waals surface area contributed by atoms with Gasteiger partial charge in [0.2, 0.25) is 0 Å². The molecule has 15 heavy (non-hydrogen) atoms. The minimum Gasteiger partial charge on any atom is -0.355 e. The van der Waals surface area contributed by atoms with Gasteiger partial charge in [-0.05, 0) is 28.1 Å². The molecule has 1 aliphatic heterocycles. The highest BCUT2D eigenvalue weighted by Gasteiger charge is 2.15. The van der Waals surface area contributed by atoms with E-state index in [2.05, 4.69) is 30.8 Å². The van der Waals surface area contributed by atoms with Crippen molar-refractivity contribution in [1.82, 2.24) is 9.97 Å². The Morgan fingerprint density at radius 3 is 3.07 bits per heavy atom. The van der Waals surface area contributed by atoms with Gasteiger partial charge in [0.25, 0.3) is 0 Å². The summed E-state index contributed by atoms with van der Waals surface area (Å²) >= 11 is 11.4. The number of anilines is 1. The fraction of sp³-hybridized carbons (Fsp3) is 0.556. The van der Waals surface area contributed by atoms with Gasteiger partial charge in [-0.25, -0.2) is 9.97 Å². The number of hydrogen-bond acceptors (Lipinski definition) is 4. The SMILES string of the molecule is Clc1ncnc(N2CCCSCC2)c1Br. The average Bonchev–Trinajstić information content (AvgIpc) is 2.50. The molecule has 0 amide bonds. The van der Waals surface area contributed by atoms with Gasteiger partial charge in [-0.1, -0.05) is 11.6 Å². The van der Waals surface area contributed by atoms with E-state index in [1.165, 1.54) is 18.5 Å². The molecule has 0 atom stereocenters. The van der Waals surface area contributed by atoms with Crippen molar-refractivity contribution >= 4 is 45.1 Å². The van der Waals surface area contributed by atoms with Crippen molar-refractivity contribution in [2.75, 3.05) is 29.5 Å². The Hall–Kier alpha value is 0. The van der Waals surface area contributed by atoms with Crippen molar-refractivity contribution in [2.24, 2.45) is 0 Å². The van der Waals surface area contributed by atoms with Crippen LogP contribution in [0.3, 0.4) is 0 Å². The van der Waals surface area contributed by atoms with E-state index in [1.807, 2.05) is 11.8 Å². The van der Waals surface area contributed by atoms with Crippen LogP contribution in [0.4, 0.5) is 5.82 Å². The lowest BCUT2D eigenvalue weighted by Gasteiger charge is -2.22. The summed E-state index contributed by atoms with van der Waals surface area (Å²) in [5.41, 5.74) is 0. The van der Waals surface area contributed by atoms with E-state index >= 15 is 0 Å². The second-order valence-electron chi connectivity index (χ2n) is 3.26. The van der Waals surface area contributed by atoms with E-state index in [1.54, 1.807) is 0 Å². The highest BCUT2D eigenvalue weighted by atomic mass is 79.9.